The second kappa shape index (κ2) is 7.48. The Kier molecular flexibility index (Phi) is 5.30. The highest BCUT2D eigenvalue weighted by molar-refractivity contribution is 7.89. The van der Waals surface area contributed by atoms with Crippen molar-refractivity contribution in [3.63, 3.8) is 0 Å². The molecule has 0 amide bonds. The zero-order chi connectivity index (χ0) is 18.7. The van der Waals surface area contributed by atoms with Gasteiger partial charge in [-0.2, -0.15) is 0 Å². The molecule has 9 heteroatoms. The van der Waals surface area contributed by atoms with Crippen molar-refractivity contribution < 1.29 is 17.9 Å². The predicted octanol–water partition coefficient (Wildman–Crippen LogP) is 1.97. The monoisotopic (exact) mass is 394 g/mol. The molecule has 0 aliphatic rings. The third-order valence-corrected chi connectivity index (χ3v) is 6.25. The molecule has 0 spiro atoms. The van der Waals surface area contributed by atoms with E-state index in [1.807, 2.05) is 0 Å². The Labute approximate surface area is 154 Å². The molecule has 0 atom stereocenters. The molecule has 0 radical (unpaired) electrons. The van der Waals surface area contributed by atoms with Crippen LogP contribution < -0.4 is 19.1 Å². The molecule has 138 valence electrons. The Balaban J connectivity index is 1.62. The molecule has 1 N–H and O–H groups in total. The van der Waals surface area contributed by atoms with Gasteiger partial charge in [0, 0.05) is 13.6 Å². The topological polar surface area (TPSA) is 86.6 Å². The van der Waals surface area contributed by atoms with Crippen LogP contribution in [0.25, 0.3) is 10.2 Å². The zero-order valence-corrected chi connectivity index (χ0v) is 15.9. The van der Waals surface area contributed by atoms with Crippen LogP contribution in [0.2, 0.25) is 0 Å². The summed E-state index contributed by atoms with van der Waals surface area (Å²) in [5.74, 6) is 1.34. The minimum Gasteiger partial charge on any atom is -0.497 e. The van der Waals surface area contributed by atoms with Crippen molar-refractivity contribution in [1.29, 1.82) is 0 Å². The van der Waals surface area contributed by atoms with Crippen LogP contribution >= 0.6 is 11.3 Å². The van der Waals surface area contributed by atoms with Gasteiger partial charge >= 0.3 is 4.87 Å². The summed E-state index contributed by atoms with van der Waals surface area (Å²) in [7, 11) is -0.439. The largest absolute Gasteiger partial charge is 0.497 e. The second-order valence-corrected chi connectivity index (χ2v) is 8.24. The minimum atomic E-state index is -3.68. The summed E-state index contributed by atoms with van der Waals surface area (Å²) in [5, 5.41) is 0. The number of nitrogens with one attached hydrogen (secondary N) is 1. The maximum atomic E-state index is 12.4. The molecule has 1 aromatic heterocycles. The highest BCUT2D eigenvalue weighted by atomic mass is 32.2. The maximum Gasteiger partial charge on any atom is 0.307 e. The van der Waals surface area contributed by atoms with E-state index in [-0.39, 0.29) is 22.9 Å². The van der Waals surface area contributed by atoms with E-state index in [4.69, 9.17) is 9.47 Å². The van der Waals surface area contributed by atoms with Gasteiger partial charge in [-0.1, -0.05) is 11.3 Å². The summed E-state index contributed by atoms with van der Waals surface area (Å²) in [6, 6.07) is 11.7. The normalized spacial score (nSPS) is 11.6. The van der Waals surface area contributed by atoms with Gasteiger partial charge in [-0.25, -0.2) is 13.1 Å². The fourth-order valence-corrected chi connectivity index (χ4v) is 4.41. The van der Waals surface area contributed by atoms with E-state index in [1.165, 1.54) is 16.7 Å². The molecule has 0 aliphatic carbocycles. The third-order valence-electron chi connectivity index (χ3n) is 3.80. The Morgan fingerprint density at radius 2 is 1.81 bits per heavy atom. The number of sulfonamides is 1. The molecule has 2 aromatic carbocycles. The molecule has 3 aromatic rings. The Morgan fingerprint density at radius 3 is 2.50 bits per heavy atom. The van der Waals surface area contributed by atoms with Crippen molar-refractivity contribution in [2.75, 3.05) is 20.3 Å². The van der Waals surface area contributed by atoms with Gasteiger partial charge in [0.15, 0.2) is 0 Å². The number of ether oxygens (including phenoxy) is 2. The zero-order valence-electron chi connectivity index (χ0n) is 14.3. The summed E-state index contributed by atoms with van der Waals surface area (Å²) in [5.41, 5.74) is 0.710. The average molecular weight is 394 g/mol. The lowest BCUT2D eigenvalue weighted by Crippen LogP contribution is -2.28. The van der Waals surface area contributed by atoms with E-state index in [9.17, 15) is 13.2 Å². The van der Waals surface area contributed by atoms with Crippen LogP contribution in [-0.4, -0.2) is 33.2 Å². The van der Waals surface area contributed by atoms with Crippen LogP contribution in [-0.2, 0) is 17.1 Å². The fourth-order valence-electron chi connectivity index (χ4n) is 2.38. The average Bonchev–Trinajstić information content (AvgIpc) is 2.93. The Hall–Kier alpha value is -2.36. The number of fused-ring (bicyclic) bond motifs is 1. The van der Waals surface area contributed by atoms with Gasteiger partial charge in [-0.15, -0.1) is 0 Å². The van der Waals surface area contributed by atoms with Gasteiger partial charge in [0.05, 0.1) is 22.2 Å². The van der Waals surface area contributed by atoms with E-state index in [1.54, 1.807) is 44.5 Å². The van der Waals surface area contributed by atoms with E-state index >= 15 is 0 Å². The molecule has 1 heterocycles. The van der Waals surface area contributed by atoms with Gasteiger partial charge in [-0.3, -0.25) is 4.79 Å². The van der Waals surface area contributed by atoms with Gasteiger partial charge in [0.2, 0.25) is 10.0 Å². The molecule has 0 saturated heterocycles. The van der Waals surface area contributed by atoms with E-state index < -0.39 is 10.0 Å². The van der Waals surface area contributed by atoms with Gasteiger partial charge < -0.3 is 14.0 Å². The Morgan fingerprint density at radius 1 is 1.12 bits per heavy atom. The van der Waals surface area contributed by atoms with Crippen LogP contribution in [0.1, 0.15) is 0 Å². The number of nitrogens with zero attached hydrogens (tertiary/aromatic N) is 1. The number of hydrogen-bond acceptors (Lipinski definition) is 6. The molecule has 0 bridgehead atoms. The van der Waals surface area contributed by atoms with Crippen molar-refractivity contribution in [1.82, 2.24) is 9.29 Å². The molecule has 7 nitrogen and oxygen atoms in total. The van der Waals surface area contributed by atoms with Crippen LogP contribution in [0, 0.1) is 0 Å². The number of aromatic nitrogens is 1. The summed E-state index contributed by atoms with van der Waals surface area (Å²) >= 11 is 1.02. The van der Waals surface area contributed by atoms with E-state index in [2.05, 4.69) is 4.72 Å². The fraction of sp³-hybridized carbons (Fsp3) is 0.235. The predicted molar refractivity (Wildman–Crippen MR) is 101 cm³/mol. The molecule has 0 saturated carbocycles. The summed E-state index contributed by atoms with van der Waals surface area (Å²) in [6.07, 6.45) is 0. The third kappa shape index (κ3) is 3.90. The summed E-state index contributed by atoms with van der Waals surface area (Å²) < 4.78 is 40.0. The first-order valence-electron chi connectivity index (χ1n) is 7.77. The number of hydrogen-bond donors (Lipinski definition) is 1. The molecule has 3 rings (SSSR count). The second-order valence-electron chi connectivity index (χ2n) is 5.48. The quantitative estimate of drug-likeness (QED) is 0.619. The lowest BCUT2D eigenvalue weighted by atomic mass is 10.3. The van der Waals surface area contributed by atoms with Crippen molar-refractivity contribution >= 4 is 31.6 Å². The molecule has 26 heavy (non-hydrogen) atoms. The van der Waals surface area contributed by atoms with E-state index in [0.29, 0.717) is 16.0 Å². The molecule has 0 unspecified atom stereocenters. The van der Waals surface area contributed by atoms with Crippen LogP contribution in [0.15, 0.2) is 52.2 Å². The lowest BCUT2D eigenvalue weighted by Gasteiger charge is -2.09. The van der Waals surface area contributed by atoms with E-state index in [0.717, 1.165) is 17.1 Å². The van der Waals surface area contributed by atoms with Crippen molar-refractivity contribution in [2.45, 2.75) is 4.90 Å². The Bertz CT molecular complexity index is 1070. The number of aryl methyl sites for hydroxylation is 1. The smallest absolute Gasteiger partial charge is 0.307 e. The molecule has 0 fully saturated rings. The summed E-state index contributed by atoms with van der Waals surface area (Å²) in [6.45, 7) is 0.309. The van der Waals surface area contributed by atoms with Crippen LogP contribution in [0.3, 0.4) is 0 Å². The molecular weight excluding hydrogens is 376 g/mol. The summed E-state index contributed by atoms with van der Waals surface area (Å²) in [4.78, 5) is 11.7. The van der Waals surface area contributed by atoms with Gasteiger partial charge in [0.25, 0.3) is 0 Å². The number of thiazole rings is 1. The minimum absolute atomic E-state index is 0.122. The van der Waals surface area contributed by atoms with Gasteiger partial charge in [0.1, 0.15) is 18.1 Å². The maximum absolute atomic E-state index is 12.4. The number of rotatable bonds is 7. The van der Waals surface area contributed by atoms with Crippen LogP contribution in [0.4, 0.5) is 0 Å². The van der Waals surface area contributed by atoms with Crippen LogP contribution in [0.5, 0.6) is 11.5 Å². The highest BCUT2D eigenvalue weighted by Crippen LogP contribution is 2.21. The van der Waals surface area contributed by atoms with Crippen molar-refractivity contribution in [2.24, 2.45) is 7.05 Å². The SMILES string of the molecule is COc1ccc(OCCNS(=O)(=O)c2ccc3c(c2)sc(=O)n3C)cc1. The van der Waals surface area contributed by atoms with Crippen molar-refractivity contribution in [3.8, 4) is 11.5 Å². The van der Waals surface area contributed by atoms with Crippen molar-refractivity contribution in [3.05, 3.63) is 52.1 Å². The standard InChI is InChI=1S/C17H18N2O5S2/c1-19-15-8-7-14(11-16(15)25-17(19)20)26(21,22)18-9-10-24-13-5-3-12(23-2)4-6-13/h3-8,11,18H,9-10H2,1-2H3. The first-order valence-corrected chi connectivity index (χ1v) is 10.1. The molecular formula is C17H18N2O5S2. The number of benzene rings is 2. The first kappa shape index (κ1) is 18.4. The molecule has 0 aliphatic heterocycles. The lowest BCUT2D eigenvalue weighted by molar-refractivity contribution is 0.322. The number of methoxy groups -OCH3 is 1. The highest BCUT2D eigenvalue weighted by Gasteiger charge is 2.15. The first-order chi connectivity index (χ1) is 12.4. The van der Waals surface area contributed by atoms with Gasteiger partial charge in [-0.05, 0) is 42.5 Å².